The lowest BCUT2D eigenvalue weighted by Crippen LogP contribution is -2.12. The van der Waals surface area contributed by atoms with Crippen LogP contribution in [0, 0.1) is 11.6 Å². The van der Waals surface area contributed by atoms with Crippen LogP contribution in [0.1, 0.15) is 21.5 Å². The largest absolute Gasteiger partial charge is 0.322 e. The maximum atomic E-state index is 13.4. The number of nitrogens with zero attached hydrogens (tertiary/aromatic N) is 3. The number of anilines is 1. The number of pyridine rings is 1. The van der Waals surface area contributed by atoms with Crippen molar-refractivity contribution in [1.29, 1.82) is 0 Å². The number of amides is 1. The summed E-state index contributed by atoms with van der Waals surface area (Å²) in [7, 11) is 0. The number of hydrogen-bond acceptors (Lipinski definition) is 4. The third-order valence-electron chi connectivity index (χ3n) is 5.51. The molecule has 0 saturated carbocycles. The van der Waals surface area contributed by atoms with E-state index in [1.54, 1.807) is 36.3 Å². The van der Waals surface area contributed by atoms with E-state index in [4.69, 9.17) is 16.6 Å². The topological polar surface area (TPSA) is 59.8 Å². The van der Waals surface area contributed by atoms with Crippen LogP contribution in [0.15, 0.2) is 90.3 Å². The molecule has 5 rings (SSSR count). The quantitative estimate of drug-likeness (QED) is 0.236. The number of benzene rings is 3. The van der Waals surface area contributed by atoms with E-state index in [1.807, 2.05) is 42.5 Å². The smallest absolute Gasteiger partial charge is 0.255 e. The van der Waals surface area contributed by atoms with Gasteiger partial charge < -0.3 is 9.88 Å². The summed E-state index contributed by atoms with van der Waals surface area (Å²) < 4.78 is 28.7. The van der Waals surface area contributed by atoms with Crippen LogP contribution < -0.4 is 5.32 Å². The minimum absolute atomic E-state index is 0.182. The van der Waals surface area contributed by atoms with E-state index in [0.29, 0.717) is 22.9 Å². The minimum atomic E-state index is -1.02. The molecule has 2 heterocycles. The molecule has 0 saturated heterocycles. The lowest BCUT2D eigenvalue weighted by molar-refractivity contribution is 0.102. The first kappa shape index (κ1) is 24.0. The Labute approximate surface area is 215 Å². The Bertz CT molecular complexity index is 1560. The molecule has 0 aliphatic heterocycles. The number of nitrogens with one attached hydrogen (secondary N) is 1. The number of aromatic nitrogens is 3. The normalized spacial score (nSPS) is 11.1. The average Bonchev–Trinajstić information content (AvgIpc) is 3.23. The van der Waals surface area contributed by atoms with Crippen molar-refractivity contribution < 1.29 is 13.6 Å². The predicted octanol–water partition coefficient (Wildman–Crippen LogP) is 6.96. The summed E-state index contributed by atoms with van der Waals surface area (Å²) in [4.78, 5) is 21.6. The molecule has 0 atom stereocenters. The van der Waals surface area contributed by atoms with Crippen molar-refractivity contribution in [3.05, 3.63) is 119 Å². The van der Waals surface area contributed by atoms with Gasteiger partial charge in [0.2, 0.25) is 0 Å². The van der Waals surface area contributed by atoms with E-state index < -0.39 is 17.5 Å². The molecule has 36 heavy (non-hydrogen) atoms. The number of carbonyl (C=O) groups is 1. The molecule has 0 spiro atoms. The molecule has 1 amide bonds. The fourth-order valence-electron chi connectivity index (χ4n) is 3.71. The van der Waals surface area contributed by atoms with E-state index in [0.717, 1.165) is 39.4 Å². The molecule has 2 aromatic heterocycles. The Morgan fingerprint density at radius 1 is 0.972 bits per heavy atom. The number of imidazole rings is 1. The van der Waals surface area contributed by atoms with Gasteiger partial charge >= 0.3 is 0 Å². The lowest BCUT2D eigenvalue weighted by Gasteiger charge is -2.10. The molecule has 0 unspecified atom stereocenters. The zero-order valence-corrected chi connectivity index (χ0v) is 20.4. The predicted molar refractivity (Wildman–Crippen MR) is 138 cm³/mol. The van der Waals surface area contributed by atoms with Gasteiger partial charge in [0.15, 0.2) is 16.8 Å². The van der Waals surface area contributed by atoms with Gasteiger partial charge in [0, 0.05) is 34.3 Å². The zero-order chi connectivity index (χ0) is 25.1. The van der Waals surface area contributed by atoms with Gasteiger partial charge in [-0.3, -0.25) is 9.78 Å². The Kier molecular flexibility index (Phi) is 6.97. The van der Waals surface area contributed by atoms with Crippen molar-refractivity contribution in [2.75, 3.05) is 5.32 Å². The highest BCUT2D eigenvalue weighted by atomic mass is 35.5. The standard InChI is InChI=1S/C27H19ClF2N4OS/c28-20-3-1-2-18(12-20)16-36-27-33-24-10-11-31-14-25(24)34(27)15-17-4-6-19(7-5-17)26(35)32-21-8-9-22(29)23(30)13-21/h1-14H,15-16H2,(H,32,35). The first-order valence-electron chi connectivity index (χ1n) is 11.0. The molecular weight excluding hydrogens is 502 g/mol. The summed E-state index contributed by atoms with van der Waals surface area (Å²) in [5, 5.41) is 4.12. The van der Waals surface area contributed by atoms with Gasteiger partial charge in [-0.2, -0.15) is 0 Å². The number of hydrogen-bond donors (Lipinski definition) is 1. The molecule has 0 radical (unpaired) electrons. The Morgan fingerprint density at radius 2 is 1.81 bits per heavy atom. The highest BCUT2D eigenvalue weighted by Gasteiger charge is 2.14. The van der Waals surface area contributed by atoms with Crippen molar-refractivity contribution in [2.24, 2.45) is 0 Å². The van der Waals surface area contributed by atoms with Crippen molar-refractivity contribution >= 4 is 46.0 Å². The summed E-state index contributed by atoms with van der Waals surface area (Å²) in [5.74, 6) is -1.69. The van der Waals surface area contributed by atoms with Crippen LogP contribution >= 0.6 is 23.4 Å². The summed E-state index contributed by atoms with van der Waals surface area (Å²) in [5.41, 5.74) is 4.40. The van der Waals surface area contributed by atoms with Gasteiger partial charge in [-0.25, -0.2) is 13.8 Å². The van der Waals surface area contributed by atoms with Crippen LogP contribution in [-0.2, 0) is 12.3 Å². The number of halogens is 3. The third kappa shape index (κ3) is 5.40. The van der Waals surface area contributed by atoms with E-state index in [-0.39, 0.29) is 5.69 Å². The molecule has 5 nitrogen and oxygen atoms in total. The van der Waals surface area contributed by atoms with Gasteiger partial charge in [0.25, 0.3) is 5.91 Å². The molecule has 0 aliphatic carbocycles. The summed E-state index contributed by atoms with van der Waals surface area (Å²) in [6.45, 7) is 0.533. The van der Waals surface area contributed by atoms with Crippen molar-refractivity contribution in [3.63, 3.8) is 0 Å². The van der Waals surface area contributed by atoms with Crippen LogP contribution in [0.25, 0.3) is 11.0 Å². The van der Waals surface area contributed by atoms with Crippen LogP contribution in [0.3, 0.4) is 0 Å². The van der Waals surface area contributed by atoms with E-state index in [2.05, 4.69) is 14.9 Å². The Hall–Kier alpha value is -3.75. The fourth-order valence-corrected chi connectivity index (χ4v) is 4.88. The fraction of sp³-hybridized carbons (Fsp3) is 0.0741. The summed E-state index contributed by atoms with van der Waals surface area (Å²) >= 11 is 7.73. The maximum absolute atomic E-state index is 13.4. The van der Waals surface area contributed by atoms with Gasteiger partial charge in [0.1, 0.15) is 0 Å². The first-order chi connectivity index (χ1) is 17.5. The Balaban J connectivity index is 1.34. The SMILES string of the molecule is O=C(Nc1ccc(F)c(F)c1)c1ccc(Cn2c(SCc3cccc(Cl)c3)nc3ccncc32)cc1. The van der Waals surface area contributed by atoms with Crippen LogP contribution in [0.5, 0.6) is 0 Å². The molecule has 1 N–H and O–H groups in total. The van der Waals surface area contributed by atoms with Gasteiger partial charge in [-0.1, -0.05) is 47.6 Å². The van der Waals surface area contributed by atoms with Gasteiger partial charge in [-0.05, 0) is 53.6 Å². The number of rotatable bonds is 7. The minimum Gasteiger partial charge on any atom is -0.322 e. The van der Waals surface area contributed by atoms with E-state index in [9.17, 15) is 13.6 Å². The average molecular weight is 521 g/mol. The van der Waals surface area contributed by atoms with E-state index >= 15 is 0 Å². The first-order valence-corrected chi connectivity index (χ1v) is 12.4. The molecule has 0 fully saturated rings. The zero-order valence-electron chi connectivity index (χ0n) is 18.8. The van der Waals surface area contributed by atoms with Crippen molar-refractivity contribution in [2.45, 2.75) is 17.5 Å². The molecule has 0 aliphatic rings. The molecule has 0 bridgehead atoms. The monoisotopic (exact) mass is 520 g/mol. The van der Waals surface area contributed by atoms with Gasteiger partial charge in [0.05, 0.1) is 23.8 Å². The van der Waals surface area contributed by atoms with Crippen molar-refractivity contribution in [1.82, 2.24) is 14.5 Å². The number of carbonyl (C=O) groups excluding carboxylic acids is 1. The second kappa shape index (κ2) is 10.5. The van der Waals surface area contributed by atoms with Crippen LogP contribution in [-0.4, -0.2) is 20.4 Å². The lowest BCUT2D eigenvalue weighted by atomic mass is 10.1. The van der Waals surface area contributed by atoms with Crippen LogP contribution in [0.4, 0.5) is 14.5 Å². The Morgan fingerprint density at radius 3 is 2.58 bits per heavy atom. The second-order valence-electron chi connectivity index (χ2n) is 8.04. The van der Waals surface area contributed by atoms with Gasteiger partial charge in [-0.15, -0.1) is 0 Å². The van der Waals surface area contributed by atoms with E-state index in [1.165, 1.54) is 6.07 Å². The second-order valence-corrected chi connectivity index (χ2v) is 9.42. The third-order valence-corrected chi connectivity index (χ3v) is 6.79. The molecule has 180 valence electrons. The summed E-state index contributed by atoms with van der Waals surface area (Å²) in [6.07, 6.45) is 3.50. The number of thioether (sulfide) groups is 1. The van der Waals surface area contributed by atoms with Crippen LogP contribution in [0.2, 0.25) is 5.02 Å². The summed E-state index contributed by atoms with van der Waals surface area (Å²) in [6, 6.07) is 19.9. The maximum Gasteiger partial charge on any atom is 0.255 e. The molecule has 9 heteroatoms. The highest BCUT2D eigenvalue weighted by molar-refractivity contribution is 7.98. The highest BCUT2D eigenvalue weighted by Crippen LogP contribution is 2.28. The van der Waals surface area contributed by atoms with Crippen molar-refractivity contribution in [3.8, 4) is 0 Å². The molecular formula is C27H19ClF2N4OS. The molecule has 3 aromatic carbocycles. The number of fused-ring (bicyclic) bond motifs is 1. The molecule has 5 aromatic rings.